The molecule has 0 unspecified atom stereocenters. The van der Waals surface area contributed by atoms with Crippen molar-refractivity contribution in [3.05, 3.63) is 65.3 Å². The average Bonchev–Trinajstić information content (AvgIpc) is 2.54. The number of hydrogen-bond donors (Lipinski definition) is 0. The maximum absolute atomic E-state index is 9.16. The predicted octanol–water partition coefficient (Wildman–Crippen LogP) is 2.80. The monoisotopic (exact) mass is 302 g/mol. The van der Waals surface area contributed by atoms with Crippen molar-refractivity contribution >= 4 is 5.70 Å². The molecule has 0 spiro atoms. The van der Waals surface area contributed by atoms with Crippen molar-refractivity contribution in [2.24, 2.45) is 4.99 Å². The molecule has 0 saturated carbocycles. The predicted molar refractivity (Wildman–Crippen MR) is 84.8 cm³/mol. The normalized spacial score (nSPS) is 15.7. The van der Waals surface area contributed by atoms with Crippen molar-refractivity contribution in [3.63, 3.8) is 0 Å². The quantitative estimate of drug-likeness (QED) is 0.760. The zero-order valence-corrected chi connectivity index (χ0v) is 12.8. The van der Waals surface area contributed by atoms with Gasteiger partial charge >= 0.3 is 0 Å². The van der Waals surface area contributed by atoms with Crippen LogP contribution in [0, 0.1) is 22.8 Å². The van der Waals surface area contributed by atoms with E-state index in [1.807, 2.05) is 49.0 Å². The molecule has 0 radical (unpaired) electrons. The van der Waals surface area contributed by atoms with Crippen LogP contribution < -0.4 is 10.2 Å². The highest BCUT2D eigenvalue weighted by atomic mass is 16.5. The number of fused-ring (bicyclic) bond motifs is 1. The van der Waals surface area contributed by atoms with Gasteiger partial charge in [0, 0.05) is 11.8 Å². The summed E-state index contributed by atoms with van der Waals surface area (Å²) in [5, 5.41) is 18.1. The lowest BCUT2D eigenvalue weighted by Gasteiger charge is -2.31. The van der Waals surface area contributed by atoms with Crippen LogP contribution in [-0.4, -0.2) is 10.2 Å². The average molecular weight is 302 g/mol. The molecule has 0 saturated heterocycles. The minimum atomic E-state index is -0.511. The Hall–Kier alpha value is -3.31. The Labute approximate surface area is 134 Å². The lowest BCUT2D eigenvalue weighted by Crippen LogP contribution is -2.32. The first-order valence-electron chi connectivity index (χ1n) is 7.11. The van der Waals surface area contributed by atoms with Gasteiger partial charge in [-0.25, -0.2) is 0 Å². The first kappa shape index (κ1) is 14.6. The van der Waals surface area contributed by atoms with Crippen LogP contribution in [0.1, 0.15) is 25.0 Å². The van der Waals surface area contributed by atoms with Gasteiger partial charge in [0.25, 0.3) is 0 Å². The summed E-state index contributed by atoms with van der Waals surface area (Å²) in [5.74, 6) is 0.700. The highest BCUT2D eigenvalue weighted by molar-refractivity contribution is 5.74. The Morgan fingerprint density at radius 2 is 2.00 bits per heavy atom. The maximum atomic E-state index is 9.16. The molecule has 3 rings (SSSR count). The number of hydrogen-bond acceptors (Lipinski definition) is 4. The van der Waals surface area contributed by atoms with Gasteiger partial charge in [0.2, 0.25) is 6.19 Å². The molecule has 2 aromatic rings. The lowest BCUT2D eigenvalue weighted by atomic mass is 9.97. The van der Waals surface area contributed by atoms with E-state index >= 15 is 0 Å². The first-order valence-corrected chi connectivity index (χ1v) is 7.11. The van der Waals surface area contributed by atoms with Crippen LogP contribution in [0.3, 0.4) is 0 Å². The number of rotatable bonds is 1. The van der Waals surface area contributed by atoms with E-state index in [2.05, 4.69) is 11.1 Å². The molecule has 112 valence electrons. The van der Waals surface area contributed by atoms with Crippen LogP contribution in [0.15, 0.2) is 53.7 Å². The number of ether oxygens (including phenoxy) is 1. The molecule has 1 aliphatic heterocycles. The molecule has 1 aromatic carbocycles. The van der Waals surface area contributed by atoms with E-state index < -0.39 is 5.60 Å². The van der Waals surface area contributed by atoms with Gasteiger partial charge in [-0.15, -0.1) is 0 Å². The Bertz CT molecular complexity index is 952. The highest BCUT2D eigenvalue weighted by Crippen LogP contribution is 2.36. The SMILES string of the molecule is CC1(C)C=C(n2cccc/c2=N/C#N)c2cc(C#N)ccc2O1. The molecular formula is C18H14N4O. The van der Waals surface area contributed by atoms with Crippen molar-refractivity contribution in [2.75, 3.05) is 0 Å². The molecule has 1 aliphatic rings. The van der Waals surface area contributed by atoms with E-state index in [0.717, 1.165) is 11.3 Å². The summed E-state index contributed by atoms with van der Waals surface area (Å²) in [6.07, 6.45) is 5.63. The summed E-state index contributed by atoms with van der Waals surface area (Å²) >= 11 is 0. The number of nitrogens with zero attached hydrogens (tertiary/aromatic N) is 4. The van der Waals surface area contributed by atoms with Gasteiger partial charge in [0.1, 0.15) is 16.8 Å². The van der Waals surface area contributed by atoms with E-state index in [0.29, 0.717) is 16.8 Å². The van der Waals surface area contributed by atoms with Gasteiger partial charge in [-0.05, 0) is 50.3 Å². The van der Waals surface area contributed by atoms with Crippen molar-refractivity contribution in [3.8, 4) is 18.0 Å². The third-order valence-corrected chi connectivity index (χ3v) is 3.50. The first-order chi connectivity index (χ1) is 11.0. The summed E-state index contributed by atoms with van der Waals surface area (Å²) in [6.45, 7) is 3.91. The minimum absolute atomic E-state index is 0.511. The van der Waals surface area contributed by atoms with Crippen LogP contribution in [0.4, 0.5) is 0 Å². The summed E-state index contributed by atoms with van der Waals surface area (Å²) in [5.41, 5.74) is 2.20. The fourth-order valence-electron chi connectivity index (χ4n) is 2.59. The van der Waals surface area contributed by atoms with E-state index in [9.17, 15) is 0 Å². The van der Waals surface area contributed by atoms with E-state index in [4.69, 9.17) is 15.3 Å². The Kier molecular flexibility index (Phi) is 3.48. The van der Waals surface area contributed by atoms with Crippen molar-refractivity contribution in [1.82, 2.24) is 4.57 Å². The van der Waals surface area contributed by atoms with Crippen molar-refractivity contribution in [1.29, 1.82) is 10.5 Å². The molecular weight excluding hydrogens is 288 g/mol. The largest absolute Gasteiger partial charge is 0.483 e. The standard InChI is InChI=1S/C18H14N4O/c1-18(2)10-15(22-8-4-3-5-17(22)21-12-20)14-9-13(11-19)6-7-16(14)23-18/h3-10H,1-2H3/b21-17-. The Morgan fingerprint density at radius 1 is 1.17 bits per heavy atom. The van der Waals surface area contributed by atoms with Gasteiger partial charge < -0.3 is 9.30 Å². The van der Waals surface area contributed by atoms with Gasteiger partial charge in [0.05, 0.1) is 17.3 Å². The Morgan fingerprint density at radius 3 is 2.74 bits per heavy atom. The molecule has 0 N–H and O–H groups in total. The summed E-state index contributed by atoms with van der Waals surface area (Å²) < 4.78 is 7.80. The van der Waals surface area contributed by atoms with E-state index in [-0.39, 0.29) is 0 Å². The molecule has 2 heterocycles. The second-order valence-electron chi connectivity index (χ2n) is 5.70. The van der Waals surface area contributed by atoms with Gasteiger partial charge in [0.15, 0.2) is 0 Å². The summed E-state index contributed by atoms with van der Waals surface area (Å²) in [7, 11) is 0. The zero-order valence-electron chi connectivity index (χ0n) is 12.8. The second-order valence-corrected chi connectivity index (χ2v) is 5.70. The third-order valence-electron chi connectivity index (χ3n) is 3.50. The molecule has 5 nitrogen and oxygen atoms in total. The highest BCUT2D eigenvalue weighted by Gasteiger charge is 2.27. The maximum Gasteiger partial charge on any atom is 0.207 e. The summed E-state index contributed by atoms with van der Waals surface area (Å²) in [4.78, 5) is 3.87. The number of nitriles is 2. The topological polar surface area (TPSA) is 74.1 Å². The van der Waals surface area contributed by atoms with E-state index in [1.54, 1.807) is 24.3 Å². The molecule has 0 bridgehead atoms. The van der Waals surface area contributed by atoms with Crippen LogP contribution in [0.25, 0.3) is 5.70 Å². The molecule has 0 fully saturated rings. The second kappa shape index (κ2) is 5.47. The fraction of sp³-hybridized carbons (Fsp3) is 0.167. The van der Waals surface area contributed by atoms with Crippen molar-refractivity contribution in [2.45, 2.75) is 19.4 Å². The number of benzene rings is 1. The molecule has 5 heteroatoms. The summed E-state index contributed by atoms with van der Waals surface area (Å²) in [6, 6.07) is 12.9. The van der Waals surface area contributed by atoms with Gasteiger partial charge in [-0.2, -0.15) is 15.5 Å². The van der Waals surface area contributed by atoms with Crippen LogP contribution in [0.5, 0.6) is 5.75 Å². The molecule has 1 aromatic heterocycles. The lowest BCUT2D eigenvalue weighted by molar-refractivity contribution is 0.157. The fourth-order valence-corrected chi connectivity index (χ4v) is 2.59. The number of aromatic nitrogens is 1. The minimum Gasteiger partial charge on any atom is -0.483 e. The number of pyridine rings is 1. The van der Waals surface area contributed by atoms with Gasteiger partial charge in [-0.1, -0.05) is 6.07 Å². The molecule has 0 atom stereocenters. The third kappa shape index (κ3) is 2.73. The zero-order chi connectivity index (χ0) is 16.4. The van der Waals surface area contributed by atoms with Crippen molar-refractivity contribution < 1.29 is 4.74 Å². The molecule has 0 aliphatic carbocycles. The molecule has 0 amide bonds. The molecule has 23 heavy (non-hydrogen) atoms. The van der Waals surface area contributed by atoms with Crippen LogP contribution in [-0.2, 0) is 0 Å². The van der Waals surface area contributed by atoms with Gasteiger partial charge in [-0.3, -0.25) is 0 Å². The van der Waals surface area contributed by atoms with Crippen LogP contribution >= 0.6 is 0 Å². The smallest absolute Gasteiger partial charge is 0.207 e. The van der Waals surface area contributed by atoms with Crippen LogP contribution in [0.2, 0.25) is 0 Å². The van der Waals surface area contributed by atoms with E-state index in [1.165, 1.54) is 0 Å². The Balaban J connectivity index is 2.31.